The average molecular weight is 274 g/mol. The van der Waals surface area contributed by atoms with Crippen molar-refractivity contribution in [1.29, 1.82) is 0 Å². The first-order valence-electron chi connectivity index (χ1n) is 6.72. The Morgan fingerprint density at radius 2 is 2.05 bits per heavy atom. The lowest BCUT2D eigenvalue weighted by Crippen LogP contribution is -2.18. The fourth-order valence-electron chi connectivity index (χ4n) is 1.81. The molecule has 0 aliphatic heterocycles. The van der Waals surface area contributed by atoms with Gasteiger partial charge in [0.25, 0.3) is 0 Å². The maximum atomic E-state index is 5.84. The Hall–Kier alpha value is -2.11. The van der Waals surface area contributed by atoms with E-state index in [-0.39, 0.29) is 5.41 Å². The third-order valence-corrected chi connectivity index (χ3v) is 2.87. The fourth-order valence-corrected chi connectivity index (χ4v) is 1.81. The summed E-state index contributed by atoms with van der Waals surface area (Å²) in [6.07, 6.45) is 2.78. The highest BCUT2D eigenvalue weighted by molar-refractivity contribution is 5.45. The smallest absolute Gasteiger partial charge is 0.138 e. The quantitative estimate of drug-likeness (QED) is 0.887. The van der Waals surface area contributed by atoms with E-state index in [1.54, 1.807) is 10.7 Å². The Morgan fingerprint density at radius 1 is 1.30 bits per heavy atom. The molecule has 0 fully saturated rings. The fraction of sp³-hybridized carbons (Fsp3) is 0.500. The van der Waals surface area contributed by atoms with Gasteiger partial charge in [0.2, 0.25) is 0 Å². The molecule has 0 aliphatic carbocycles. The first-order chi connectivity index (χ1) is 9.34. The van der Waals surface area contributed by atoms with Gasteiger partial charge in [-0.1, -0.05) is 20.8 Å². The number of nitrogens with two attached hydrogens (primary N) is 1. The number of aryl methyl sites for hydroxylation is 1. The Kier molecular flexibility index (Phi) is 3.92. The Balaban J connectivity index is 2.00. The van der Waals surface area contributed by atoms with Crippen LogP contribution < -0.4 is 11.1 Å². The molecule has 6 nitrogen and oxygen atoms in total. The third-order valence-electron chi connectivity index (χ3n) is 2.87. The molecule has 0 aliphatic rings. The van der Waals surface area contributed by atoms with Crippen LogP contribution in [0.4, 0.5) is 11.6 Å². The van der Waals surface area contributed by atoms with Gasteiger partial charge >= 0.3 is 0 Å². The van der Waals surface area contributed by atoms with Crippen molar-refractivity contribution >= 4 is 11.6 Å². The highest BCUT2D eigenvalue weighted by Gasteiger charge is 2.18. The summed E-state index contributed by atoms with van der Waals surface area (Å²) in [5, 5.41) is 7.61. The van der Waals surface area contributed by atoms with E-state index in [2.05, 4.69) is 41.2 Å². The van der Waals surface area contributed by atoms with E-state index < -0.39 is 0 Å². The van der Waals surface area contributed by atoms with E-state index >= 15 is 0 Å². The summed E-state index contributed by atoms with van der Waals surface area (Å²) in [6, 6.07) is 3.77. The highest BCUT2D eigenvalue weighted by Crippen LogP contribution is 2.21. The molecule has 0 spiro atoms. The number of rotatable bonds is 4. The van der Waals surface area contributed by atoms with Gasteiger partial charge in [0.05, 0.1) is 5.69 Å². The predicted molar refractivity (Wildman–Crippen MR) is 80.5 cm³/mol. The van der Waals surface area contributed by atoms with Crippen LogP contribution in [0.15, 0.2) is 18.3 Å². The number of nitrogen functional groups attached to an aromatic ring is 1. The topological polar surface area (TPSA) is 81.7 Å². The van der Waals surface area contributed by atoms with Crippen LogP contribution in [-0.2, 0) is 18.9 Å². The second-order valence-corrected chi connectivity index (χ2v) is 5.91. The molecule has 0 radical (unpaired) electrons. The average Bonchev–Trinajstić information content (AvgIpc) is 2.73. The van der Waals surface area contributed by atoms with Crippen LogP contribution in [0.3, 0.4) is 0 Å². The minimum atomic E-state index is -0.118. The number of nitrogens with zero attached hydrogens (tertiary/aromatic N) is 4. The van der Waals surface area contributed by atoms with E-state index in [1.165, 1.54) is 0 Å². The molecule has 0 bridgehead atoms. The number of anilines is 2. The largest absolute Gasteiger partial charge is 0.384 e. The van der Waals surface area contributed by atoms with Crippen LogP contribution in [0.5, 0.6) is 0 Å². The van der Waals surface area contributed by atoms with E-state index in [1.807, 2.05) is 19.3 Å². The molecule has 0 saturated carbocycles. The van der Waals surface area contributed by atoms with Crippen molar-refractivity contribution in [3.63, 3.8) is 0 Å². The zero-order valence-corrected chi connectivity index (χ0v) is 12.5. The van der Waals surface area contributed by atoms with E-state index in [0.29, 0.717) is 5.82 Å². The zero-order valence-electron chi connectivity index (χ0n) is 12.5. The maximum absolute atomic E-state index is 5.84. The van der Waals surface area contributed by atoms with Crippen molar-refractivity contribution in [2.45, 2.75) is 32.6 Å². The van der Waals surface area contributed by atoms with Crippen LogP contribution in [0.25, 0.3) is 0 Å². The molecule has 0 amide bonds. The molecule has 20 heavy (non-hydrogen) atoms. The summed E-state index contributed by atoms with van der Waals surface area (Å²) in [6.45, 7) is 6.97. The summed E-state index contributed by atoms with van der Waals surface area (Å²) < 4.78 is 1.80. The molecule has 2 rings (SSSR count). The minimum Gasteiger partial charge on any atom is -0.384 e. The standard InChI is InChI=1S/C14H22N6/c1-14(2,3)13-17-11(15)9-12(18-13)16-7-5-10-6-8-20(4)19-10/h6,8-9H,5,7H2,1-4H3,(H3,15,16,17,18). The van der Waals surface area contributed by atoms with Gasteiger partial charge in [-0.3, -0.25) is 4.68 Å². The van der Waals surface area contributed by atoms with Gasteiger partial charge in [-0.05, 0) is 6.07 Å². The van der Waals surface area contributed by atoms with Gasteiger partial charge in [-0.2, -0.15) is 5.10 Å². The van der Waals surface area contributed by atoms with Crippen LogP contribution in [0, 0.1) is 0 Å². The molecular weight excluding hydrogens is 252 g/mol. The Labute approximate surface area is 119 Å². The van der Waals surface area contributed by atoms with Gasteiger partial charge in [0.1, 0.15) is 17.5 Å². The molecule has 6 heteroatoms. The first-order valence-corrected chi connectivity index (χ1v) is 6.72. The van der Waals surface area contributed by atoms with Crippen molar-refractivity contribution < 1.29 is 0 Å². The van der Waals surface area contributed by atoms with Gasteiger partial charge in [-0.25, -0.2) is 9.97 Å². The molecule has 0 unspecified atom stereocenters. The van der Waals surface area contributed by atoms with Crippen LogP contribution in [-0.4, -0.2) is 26.3 Å². The molecule has 0 saturated heterocycles. The second-order valence-electron chi connectivity index (χ2n) is 5.91. The molecule has 0 aromatic carbocycles. The van der Waals surface area contributed by atoms with Crippen LogP contribution in [0.1, 0.15) is 32.3 Å². The summed E-state index contributed by atoms with van der Waals surface area (Å²) >= 11 is 0. The van der Waals surface area contributed by atoms with Crippen molar-refractivity contribution in [2.24, 2.45) is 7.05 Å². The number of hydrogen-bond acceptors (Lipinski definition) is 5. The lowest BCUT2D eigenvalue weighted by Gasteiger charge is -2.18. The van der Waals surface area contributed by atoms with Gasteiger partial charge in [0, 0.05) is 37.7 Å². The van der Waals surface area contributed by atoms with E-state index in [4.69, 9.17) is 5.73 Å². The molecule has 2 heterocycles. The monoisotopic (exact) mass is 274 g/mol. The molecule has 3 N–H and O–H groups in total. The lowest BCUT2D eigenvalue weighted by atomic mass is 9.96. The summed E-state index contributed by atoms with van der Waals surface area (Å²) in [5.41, 5.74) is 6.77. The lowest BCUT2D eigenvalue weighted by molar-refractivity contribution is 0.547. The number of nitrogens with one attached hydrogen (secondary N) is 1. The number of aromatic nitrogens is 4. The normalized spacial score (nSPS) is 11.6. The first kappa shape index (κ1) is 14.3. The summed E-state index contributed by atoms with van der Waals surface area (Å²) in [5.74, 6) is 2.00. The predicted octanol–water partition coefficient (Wildman–Crippen LogP) is 1.74. The van der Waals surface area contributed by atoms with Crippen LogP contribution >= 0.6 is 0 Å². The Bertz CT molecular complexity index is 582. The van der Waals surface area contributed by atoms with Gasteiger partial charge in [-0.15, -0.1) is 0 Å². The van der Waals surface area contributed by atoms with Gasteiger partial charge in [0.15, 0.2) is 0 Å². The van der Waals surface area contributed by atoms with Crippen molar-refractivity contribution in [3.05, 3.63) is 29.8 Å². The maximum Gasteiger partial charge on any atom is 0.138 e. The van der Waals surface area contributed by atoms with Crippen molar-refractivity contribution in [1.82, 2.24) is 19.7 Å². The second kappa shape index (κ2) is 5.48. The van der Waals surface area contributed by atoms with Gasteiger partial charge < -0.3 is 11.1 Å². The molecule has 108 valence electrons. The van der Waals surface area contributed by atoms with E-state index in [9.17, 15) is 0 Å². The van der Waals surface area contributed by atoms with Crippen molar-refractivity contribution in [2.75, 3.05) is 17.6 Å². The van der Waals surface area contributed by atoms with Crippen LogP contribution in [0.2, 0.25) is 0 Å². The SMILES string of the molecule is Cn1ccc(CCNc2cc(N)nc(C(C)(C)C)n2)n1. The highest BCUT2D eigenvalue weighted by atomic mass is 15.2. The third kappa shape index (κ3) is 3.69. The minimum absolute atomic E-state index is 0.118. The molecular formula is C14H22N6. The Morgan fingerprint density at radius 3 is 2.65 bits per heavy atom. The number of hydrogen-bond donors (Lipinski definition) is 2. The zero-order chi connectivity index (χ0) is 14.8. The van der Waals surface area contributed by atoms with Crippen molar-refractivity contribution in [3.8, 4) is 0 Å². The molecule has 2 aromatic heterocycles. The molecule has 2 aromatic rings. The molecule has 0 atom stereocenters. The summed E-state index contributed by atoms with van der Waals surface area (Å²) in [4.78, 5) is 8.80. The van der Waals surface area contributed by atoms with E-state index in [0.717, 1.165) is 30.3 Å². The summed E-state index contributed by atoms with van der Waals surface area (Å²) in [7, 11) is 1.91.